The van der Waals surface area contributed by atoms with Gasteiger partial charge in [-0.25, -0.2) is 8.42 Å². The Morgan fingerprint density at radius 1 is 1.20 bits per heavy atom. The summed E-state index contributed by atoms with van der Waals surface area (Å²) in [6.07, 6.45) is 1.25. The van der Waals surface area contributed by atoms with Gasteiger partial charge in [0.1, 0.15) is 0 Å². The maximum atomic E-state index is 11.4. The molecule has 0 spiro atoms. The fourth-order valence-corrected chi connectivity index (χ4v) is 3.47. The minimum atomic E-state index is -3.02. The zero-order valence-corrected chi connectivity index (χ0v) is 12.4. The highest BCUT2D eigenvalue weighted by Gasteiger charge is 2.24. The predicted molar refractivity (Wildman–Crippen MR) is 70.1 cm³/mol. The van der Waals surface area contributed by atoms with Crippen LogP contribution in [0.5, 0.6) is 0 Å². The van der Waals surface area contributed by atoms with Crippen molar-refractivity contribution >= 4 is 41.7 Å². The number of hydrogen-bond donors (Lipinski definition) is 0. The van der Waals surface area contributed by atoms with Crippen molar-refractivity contribution in [2.75, 3.05) is 6.26 Å². The van der Waals surface area contributed by atoms with Crippen molar-refractivity contribution in [1.29, 1.82) is 0 Å². The Balaban J connectivity index is 2.95. The molecule has 2 nitrogen and oxygen atoms in total. The molecule has 0 saturated heterocycles. The zero-order chi connectivity index (χ0) is 11.6. The molecule has 0 aromatic heterocycles. The smallest absolute Gasteiger partial charge is 0.151 e. The van der Waals surface area contributed by atoms with Gasteiger partial charge in [-0.3, -0.25) is 0 Å². The largest absolute Gasteiger partial charge is 0.229 e. The van der Waals surface area contributed by atoms with Gasteiger partial charge in [0.15, 0.2) is 9.84 Å². The Hall–Kier alpha value is 0.130. The summed E-state index contributed by atoms with van der Waals surface area (Å²) in [5.74, 6) is 0. The Morgan fingerprint density at radius 3 is 2.07 bits per heavy atom. The molecule has 1 rings (SSSR count). The number of halogens is 2. The molecule has 0 aliphatic carbocycles. The van der Waals surface area contributed by atoms with Crippen LogP contribution in [0, 0.1) is 0 Å². The van der Waals surface area contributed by atoms with Gasteiger partial charge in [-0.1, -0.05) is 44.0 Å². The van der Waals surface area contributed by atoms with Crippen molar-refractivity contribution in [3.63, 3.8) is 0 Å². The lowest BCUT2D eigenvalue weighted by molar-refractivity contribution is 0.588. The van der Waals surface area contributed by atoms with Crippen LogP contribution >= 0.6 is 31.9 Å². The molecule has 2 unspecified atom stereocenters. The van der Waals surface area contributed by atoms with Gasteiger partial charge in [-0.15, -0.1) is 0 Å². The highest BCUT2D eigenvalue weighted by molar-refractivity contribution is 9.10. The van der Waals surface area contributed by atoms with E-state index in [1.54, 1.807) is 6.92 Å². The van der Waals surface area contributed by atoms with Gasteiger partial charge < -0.3 is 0 Å². The van der Waals surface area contributed by atoms with Gasteiger partial charge >= 0.3 is 0 Å². The molecule has 15 heavy (non-hydrogen) atoms. The van der Waals surface area contributed by atoms with E-state index in [1.807, 2.05) is 24.3 Å². The maximum absolute atomic E-state index is 11.4. The molecule has 84 valence electrons. The van der Waals surface area contributed by atoms with Crippen LogP contribution in [0.25, 0.3) is 0 Å². The molecule has 0 saturated carbocycles. The Bertz CT molecular complexity index is 425. The van der Waals surface area contributed by atoms with Crippen LogP contribution in [0.15, 0.2) is 28.7 Å². The monoisotopic (exact) mass is 354 g/mol. The van der Waals surface area contributed by atoms with Crippen molar-refractivity contribution < 1.29 is 8.42 Å². The normalized spacial score (nSPS) is 16.0. The molecule has 0 aliphatic heterocycles. The highest BCUT2D eigenvalue weighted by atomic mass is 79.9. The zero-order valence-electron chi connectivity index (χ0n) is 8.44. The Kier molecular flexibility index (Phi) is 4.38. The SMILES string of the molecule is CC(C(Br)c1ccc(Br)cc1)S(C)(=O)=O. The van der Waals surface area contributed by atoms with Crippen LogP contribution in [0.3, 0.4) is 0 Å². The maximum Gasteiger partial charge on any atom is 0.151 e. The summed E-state index contributed by atoms with van der Waals surface area (Å²) in [5, 5.41) is -0.432. The van der Waals surface area contributed by atoms with Crippen molar-refractivity contribution in [3.05, 3.63) is 34.3 Å². The first kappa shape index (κ1) is 13.2. The number of alkyl halides is 1. The van der Waals surface area contributed by atoms with E-state index in [2.05, 4.69) is 31.9 Å². The lowest BCUT2D eigenvalue weighted by Crippen LogP contribution is -2.20. The number of rotatable bonds is 3. The van der Waals surface area contributed by atoms with Gasteiger partial charge in [-0.2, -0.15) is 0 Å². The molecule has 1 aromatic rings. The minimum absolute atomic E-state index is 0.166. The molecule has 2 atom stereocenters. The van der Waals surface area contributed by atoms with Crippen LogP contribution in [-0.2, 0) is 9.84 Å². The molecule has 0 aliphatic rings. The highest BCUT2D eigenvalue weighted by Crippen LogP contribution is 2.30. The van der Waals surface area contributed by atoms with Gasteiger partial charge in [0, 0.05) is 10.7 Å². The summed E-state index contributed by atoms with van der Waals surface area (Å²) in [4.78, 5) is -0.166. The third-order valence-electron chi connectivity index (χ3n) is 2.28. The van der Waals surface area contributed by atoms with Crippen LogP contribution < -0.4 is 0 Å². The molecule has 0 fully saturated rings. The van der Waals surface area contributed by atoms with Gasteiger partial charge in [0.2, 0.25) is 0 Å². The average molecular weight is 356 g/mol. The summed E-state index contributed by atoms with van der Waals surface area (Å²) in [5.41, 5.74) is 0.969. The van der Waals surface area contributed by atoms with E-state index in [0.717, 1.165) is 10.0 Å². The fourth-order valence-electron chi connectivity index (χ4n) is 1.13. The van der Waals surface area contributed by atoms with Crippen LogP contribution in [0.2, 0.25) is 0 Å². The van der Waals surface area contributed by atoms with Crippen molar-refractivity contribution in [2.45, 2.75) is 17.0 Å². The van der Waals surface area contributed by atoms with E-state index in [-0.39, 0.29) is 4.83 Å². The average Bonchev–Trinajstić information content (AvgIpc) is 2.15. The van der Waals surface area contributed by atoms with Crippen LogP contribution in [-0.4, -0.2) is 19.9 Å². The van der Waals surface area contributed by atoms with Crippen molar-refractivity contribution in [1.82, 2.24) is 0 Å². The van der Waals surface area contributed by atoms with Gasteiger partial charge in [0.05, 0.1) is 10.1 Å². The summed E-state index contributed by atoms with van der Waals surface area (Å²) < 4.78 is 23.7. The summed E-state index contributed by atoms with van der Waals surface area (Å²) in [7, 11) is -3.02. The van der Waals surface area contributed by atoms with Crippen LogP contribution in [0.4, 0.5) is 0 Å². The quantitative estimate of drug-likeness (QED) is 0.779. The second-order valence-corrected chi connectivity index (χ2v) is 7.79. The van der Waals surface area contributed by atoms with Gasteiger partial charge in [0.25, 0.3) is 0 Å². The molecule has 0 heterocycles. The van der Waals surface area contributed by atoms with Crippen LogP contribution in [0.1, 0.15) is 17.3 Å². The summed E-state index contributed by atoms with van der Waals surface area (Å²) in [6, 6.07) is 7.62. The van der Waals surface area contributed by atoms with Gasteiger partial charge in [-0.05, 0) is 24.6 Å². The fraction of sp³-hybridized carbons (Fsp3) is 0.400. The standard InChI is InChI=1S/C10H12Br2O2S/c1-7(15(2,13)14)10(12)8-3-5-9(11)6-4-8/h3-7,10H,1-2H3. The van der Waals surface area contributed by atoms with Crippen molar-refractivity contribution in [2.24, 2.45) is 0 Å². The first-order chi connectivity index (χ1) is 6.82. The van der Waals surface area contributed by atoms with E-state index in [4.69, 9.17) is 0 Å². The molecule has 0 amide bonds. The number of hydrogen-bond acceptors (Lipinski definition) is 2. The van der Waals surface area contributed by atoms with E-state index in [0.29, 0.717) is 0 Å². The van der Waals surface area contributed by atoms with E-state index in [1.165, 1.54) is 6.26 Å². The van der Waals surface area contributed by atoms with E-state index in [9.17, 15) is 8.42 Å². The first-order valence-electron chi connectivity index (χ1n) is 4.41. The number of sulfone groups is 1. The molecular formula is C10H12Br2O2S. The summed E-state index contributed by atoms with van der Waals surface area (Å²) in [6.45, 7) is 1.71. The molecule has 0 N–H and O–H groups in total. The minimum Gasteiger partial charge on any atom is -0.229 e. The lowest BCUT2D eigenvalue weighted by atomic mass is 10.1. The molecule has 5 heteroatoms. The third kappa shape index (κ3) is 3.57. The molecule has 0 radical (unpaired) electrons. The number of benzene rings is 1. The Morgan fingerprint density at radius 2 is 1.67 bits per heavy atom. The molecule has 1 aromatic carbocycles. The van der Waals surface area contributed by atoms with E-state index >= 15 is 0 Å². The lowest BCUT2D eigenvalue weighted by Gasteiger charge is -2.16. The topological polar surface area (TPSA) is 34.1 Å². The van der Waals surface area contributed by atoms with E-state index < -0.39 is 15.1 Å². The molecular weight excluding hydrogens is 344 g/mol. The first-order valence-corrected chi connectivity index (χ1v) is 8.07. The van der Waals surface area contributed by atoms with Crippen molar-refractivity contribution in [3.8, 4) is 0 Å². The molecule has 0 bridgehead atoms. The second kappa shape index (κ2) is 4.97. The second-order valence-electron chi connectivity index (χ2n) is 3.49. The Labute approximate surface area is 107 Å². The predicted octanol–water partition coefficient (Wildman–Crippen LogP) is 3.32. The third-order valence-corrected chi connectivity index (χ3v) is 6.10. The summed E-state index contributed by atoms with van der Waals surface area (Å²) >= 11 is 6.75.